The molecule has 0 aromatic heterocycles. The smallest absolute Gasteiger partial charge is 0.167 e. The van der Waals surface area contributed by atoms with E-state index < -0.39 is 0 Å². The van der Waals surface area contributed by atoms with Crippen LogP contribution in [0.2, 0.25) is 0 Å². The van der Waals surface area contributed by atoms with Gasteiger partial charge >= 0.3 is 0 Å². The molecule has 0 atom stereocenters. The van der Waals surface area contributed by atoms with E-state index in [9.17, 15) is 4.39 Å². The maximum atomic E-state index is 13.5. The van der Waals surface area contributed by atoms with Gasteiger partial charge in [-0.1, -0.05) is 0 Å². The van der Waals surface area contributed by atoms with Crippen molar-refractivity contribution in [2.45, 2.75) is 6.42 Å². The summed E-state index contributed by atoms with van der Waals surface area (Å²) < 4.78 is 24.2. The predicted octanol–water partition coefficient (Wildman–Crippen LogP) is 1.03. The lowest BCUT2D eigenvalue weighted by molar-refractivity contribution is 0.136. The summed E-state index contributed by atoms with van der Waals surface area (Å²) in [7, 11) is 0. The fourth-order valence-corrected chi connectivity index (χ4v) is 1.54. The van der Waals surface area contributed by atoms with Gasteiger partial charge in [0.05, 0.1) is 6.61 Å². The molecule has 5 heteroatoms. The highest BCUT2D eigenvalue weighted by atomic mass is 19.1. The van der Waals surface area contributed by atoms with Crippen LogP contribution in [0, 0.1) is 5.82 Å². The highest BCUT2D eigenvalue weighted by Gasteiger charge is 2.19. The molecule has 2 N–H and O–H groups in total. The third-order valence-electron chi connectivity index (χ3n) is 2.22. The van der Waals surface area contributed by atoms with Gasteiger partial charge in [0.2, 0.25) is 0 Å². The standard InChI is InChI=1S/C10H12FNO3/c11-8-1-2-9-10(14-6-5-13-9)7(8)3-4-15-12/h1-2H,3-6,12H2. The molecular formula is C10H12FNO3. The molecule has 0 saturated heterocycles. The topological polar surface area (TPSA) is 53.7 Å². The quantitative estimate of drug-likeness (QED) is 0.762. The Bertz CT molecular complexity index is 357. The van der Waals surface area contributed by atoms with E-state index in [1.54, 1.807) is 6.07 Å². The van der Waals surface area contributed by atoms with Crippen molar-refractivity contribution >= 4 is 0 Å². The first-order valence-electron chi connectivity index (χ1n) is 4.71. The molecule has 0 saturated carbocycles. The second-order valence-electron chi connectivity index (χ2n) is 3.17. The zero-order chi connectivity index (χ0) is 10.7. The van der Waals surface area contributed by atoms with E-state index in [0.29, 0.717) is 36.7 Å². The molecule has 0 unspecified atom stereocenters. The molecule has 82 valence electrons. The van der Waals surface area contributed by atoms with Crippen molar-refractivity contribution in [3.63, 3.8) is 0 Å². The molecule has 0 fully saturated rings. The van der Waals surface area contributed by atoms with E-state index in [1.807, 2.05) is 0 Å². The predicted molar refractivity (Wildman–Crippen MR) is 51.2 cm³/mol. The summed E-state index contributed by atoms with van der Waals surface area (Å²) >= 11 is 0. The minimum atomic E-state index is -0.323. The van der Waals surface area contributed by atoms with Gasteiger partial charge in [0, 0.05) is 12.0 Å². The number of fused-ring (bicyclic) bond motifs is 1. The molecule has 15 heavy (non-hydrogen) atoms. The molecule has 1 aliphatic rings. The van der Waals surface area contributed by atoms with Crippen LogP contribution in [0.15, 0.2) is 12.1 Å². The van der Waals surface area contributed by atoms with Crippen LogP contribution >= 0.6 is 0 Å². The molecule has 2 rings (SSSR count). The average Bonchev–Trinajstić information content (AvgIpc) is 2.28. The Morgan fingerprint density at radius 2 is 2.13 bits per heavy atom. The second kappa shape index (κ2) is 4.46. The minimum absolute atomic E-state index is 0.247. The number of rotatable bonds is 3. The molecule has 0 bridgehead atoms. The van der Waals surface area contributed by atoms with Gasteiger partial charge in [0.1, 0.15) is 19.0 Å². The Hall–Kier alpha value is -1.33. The monoisotopic (exact) mass is 213 g/mol. The Morgan fingerprint density at radius 1 is 1.33 bits per heavy atom. The van der Waals surface area contributed by atoms with Gasteiger partial charge < -0.3 is 14.3 Å². The van der Waals surface area contributed by atoms with Gasteiger partial charge in [-0.25, -0.2) is 10.3 Å². The maximum Gasteiger partial charge on any atom is 0.167 e. The summed E-state index contributed by atoms with van der Waals surface area (Å²) in [4.78, 5) is 4.43. The van der Waals surface area contributed by atoms with Crippen molar-refractivity contribution in [1.82, 2.24) is 0 Å². The first-order valence-corrected chi connectivity index (χ1v) is 4.71. The Balaban J connectivity index is 2.32. The van der Waals surface area contributed by atoms with Crippen molar-refractivity contribution in [1.29, 1.82) is 0 Å². The summed E-state index contributed by atoms with van der Waals surface area (Å²) in [5.41, 5.74) is 0.456. The molecule has 1 aromatic carbocycles. The Morgan fingerprint density at radius 3 is 2.93 bits per heavy atom. The van der Waals surface area contributed by atoms with E-state index in [-0.39, 0.29) is 12.4 Å². The number of nitrogens with two attached hydrogens (primary N) is 1. The summed E-state index contributed by atoms with van der Waals surface area (Å²) in [6.45, 7) is 1.18. The summed E-state index contributed by atoms with van der Waals surface area (Å²) in [6.07, 6.45) is 0.370. The van der Waals surface area contributed by atoms with Crippen molar-refractivity contribution in [2.75, 3.05) is 19.8 Å². The van der Waals surface area contributed by atoms with Crippen LogP contribution in [0.1, 0.15) is 5.56 Å². The lowest BCUT2D eigenvalue weighted by atomic mass is 10.1. The number of halogens is 1. The van der Waals surface area contributed by atoms with Crippen LogP contribution in [-0.2, 0) is 11.3 Å². The van der Waals surface area contributed by atoms with Crippen LogP contribution < -0.4 is 15.4 Å². The zero-order valence-corrected chi connectivity index (χ0v) is 8.16. The number of benzene rings is 1. The Kier molecular flexibility index (Phi) is 3.03. The van der Waals surface area contributed by atoms with E-state index in [2.05, 4.69) is 4.84 Å². The molecule has 4 nitrogen and oxygen atoms in total. The van der Waals surface area contributed by atoms with Crippen molar-refractivity contribution in [3.8, 4) is 11.5 Å². The highest BCUT2D eigenvalue weighted by Crippen LogP contribution is 2.35. The van der Waals surface area contributed by atoms with Crippen molar-refractivity contribution in [3.05, 3.63) is 23.5 Å². The van der Waals surface area contributed by atoms with Crippen molar-refractivity contribution in [2.24, 2.45) is 5.90 Å². The first kappa shape index (κ1) is 10.2. The van der Waals surface area contributed by atoms with Crippen LogP contribution in [0.4, 0.5) is 4.39 Å². The molecule has 0 aliphatic carbocycles. The van der Waals surface area contributed by atoms with Gasteiger partial charge in [-0.2, -0.15) is 0 Å². The Labute approximate surface area is 86.7 Å². The fraction of sp³-hybridized carbons (Fsp3) is 0.400. The average molecular weight is 213 g/mol. The molecule has 1 aromatic rings. The van der Waals surface area contributed by atoms with E-state index in [1.165, 1.54) is 6.07 Å². The molecule has 0 radical (unpaired) electrons. The second-order valence-corrected chi connectivity index (χ2v) is 3.17. The van der Waals surface area contributed by atoms with E-state index in [4.69, 9.17) is 15.4 Å². The largest absolute Gasteiger partial charge is 0.486 e. The fourth-order valence-electron chi connectivity index (χ4n) is 1.54. The summed E-state index contributed by atoms with van der Waals surface area (Å²) in [5, 5.41) is 0. The zero-order valence-electron chi connectivity index (χ0n) is 8.16. The normalized spacial score (nSPS) is 14.0. The molecule has 1 aliphatic heterocycles. The third-order valence-corrected chi connectivity index (χ3v) is 2.22. The van der Waals surface area contributed by atoms with Crippen LogP contribution in [0.5, 0.6) is 11.5 Å². The van der Waals surface area contributed by atoms with Gasteiger partial charge in [0.15, 0.2) is 11.5 Å². The van der Waals surface area contributed by atoms with Crippen LogP contribution in [0.3, 0.4) is 0 Å². The maximum absolute atomic E-state index is 13.5. The number of ether oxygens (including phenoxy) is 2. The SMILES string of the molecule is NOCCc1c(F)ccc2c1OCCO2. The lowest BCUT2D eigenvalue weighted by Gasteiger charge is -2.21. The van der Waals surface area contributed by atoms with Gasteiger partial charge in [0.25, 0.3) is 0 Å². The number of hydrogen-bond acceptors (Lipinski definition) is 4. The molecule has 0 amide bonds. The van der Waals surface area contributed by atoms with Crippen LogP contribution in [-0.4, -0.2) is 19.8 Å². The summed E-state index contributed by atoms with van der Waals surface area (Å²) in [5.74, 6) is 5.63. The highest BCUT2D eigenvalue weighted by molar-refractivity contribution is 5.48. The van der Waals surface area contributed by atoms with E-state index >= 15 is 0 Å². The van der Waals surface area contributed by atoms with E-state index in [0.717, 1.165) is 0 Å². The van der Waals surface area contributed by atoms with Gasteiger partial charge in [-0.15, -0.1) is 0 Å². The molecule has 0 spiro atoms. The molecule has 1 heterocycles. The van der Waals surface area contributed by atoms with Crippen LogP contribution in [0.25, 0.3) is 0 Å². The lowest BCUT2D eigenvalue weighted by Crippen LogP contribution is -2.18. The minimum Gasteiger partial charge on any atom is -0.486 e. The van der Waals surface area contributed by atoms with Gasteiger partial charge in [-0.3, -0.25) is 0 Å². The third kappa shape index (κ3) is 2.03. The first-order chi connectivity index (χ1) is 7.33. The van der Waals surface area contributed by atoms with Gasteiger partial charge in [-0.05, 0) is 12.1 Å². The summed E-state index contributed by atoms with van der Waals surface area (Å²) in [6, 6.07) is 2.93. The number of hydrogen-bond donors (Lipinski definition) is 1. The van der Waals surface area contributed by atoms with Crippen molar-refractivity contribution < 1.29 is 18.7 Å². The molecular weight excluding hydrogens is 201 g/mol.